The van der Waals surface area contributed by atoms with E-state index in [0.29, 0.717) is 12.5 Å². The second-order valence-corrected chi connectivity index (χ2v) is 4.53. The molecule has 0 amide bonds. The van der Waals surface area contributed by atoms with Crippen LogP contribution in [-0.2, 0) is 16.1 Å². The first-order chi connectivity index (χ1) is 8.31. The van der Waals surface area contributed by atoms with Crippen molar-refractivity contribution in [3.63, 3.8) is 0 Å². The highest BCUT2D eigenvalue weighted by atomic mass is 16.5. The Morgan fingerprint density at radius 1 is 1.24 bits per heavy atom. The van der Waals surface area contributed by atoms with Gasteiger partial charge in [-0.05, 0) is 18.1 Å². The topological polar surface area (TPSA) is 18.5 Å². The van der Waals surface area contributed by atoms with Crippen molar-refractivity contribution in [1.29, 1.82) is 0 Å². The fourth-order valence-electron chi connectivity index (χ4n) is 2.18. The Kier molecular flexibility index (Phi) is 4.21. The third kappa shape index (κ3) is 3.10. The maximum absolute atomic E-state index is 5.95. The molecule has 2 heteroatoms. The van der Waals surface area contributed by atoms with E-state index in [4.69, 9.17) is 9.47 Å². The SMILES string of the molecule is CCC1OC=CC(OCc2ccccc2)[C@@H]1C. The van der Waals surface area contributed by atoms with Gasteiger partial charge in [0.2, 0.25) is 0 Å². The average molecular weight is 232 g/mol. The Bertz CT molecular complexity index is 358. The predicted molar refractivity (Wildman–Crippen MR) is 68.5 cm³/mol. The second kappa shape index (κ2) is 5.87. The monoisotopic (exact) mass is 232 g/mol. The smallest absolute Gasteiger partial charge is 0.103 e. The lowest BCUT2D eigenvalue weighted by molar-refractivity contribution is -0.0364. The van der Waals surface area contributed by atoms with Crippen LogP contribution >= 0.6 is 0 Å². The molecule has 3 atom stereocenters. The normalized spacial score (nSPS) is 27.8. The molecule has 0 aromatic heterocycles. The first-order valence-corrected chi connectivity index (χ1v) is 6.29. The zero-order chi connectivity index (χ0) is 12.1. The molecule has 2 nitrogen and oxygen atoms in total. The van der Waals surface area contributed by atoms with Crippen molar-refractivity contribution >= 4 is 0 Å². The molecule has 17 heavy (non-hydrogen) atoms. The maximum atomic E-state index is 5.95. The van der Waals surface area contributed by atoms with E-state index in [1.54, 1.807) is 6.26 Å². The number of benzene rings is 1. The van der Waals surface area contributed by atoms with Gasteiger partial charge in [0, 0.05) is 5.92 Å². The highest BCUT2D eigenvalue weighted by molar-refractivity contribution is 5.13. The van der Waals surface area contributed by atoms with Gasteiger partial charge in [-0.1, -0.05) is 44.2 Å². The summed E-state index contributed by atoms with van der Waals surface area (Å²) in [5, 5.41) is 0. The van der Waals surface area contributed by atoms with Crippen LogP contribution < -0.4 is 0 Å². The maximum Gasteiger partial charge on any atom is 0.103 e. The minimum absolute atomic E-state index is 0.161. The van der Waals surface area contributed by atoms with Gasteiger partial charge in [-0.15, -0.1) is 0 Å². The summed E-state index contributed by atoms with van der Waals surface area (Å²) in [5.74, 6) is 0.411. The first-order valence-electron chi connectivity index (χ1n) is 6.29. The summed E-state index contributed by atoms with van der Waals surface area (Å²) in [6, 6.07) is 10.3. The number of hydrogen-bond acceptors (Lipinski definition) is 2. The molecular weight excluding hydrogens is 212 g/mol. The molecule has 2 rings (SSSR count). The summed E-state index contributed by atoms with van der Waals surface area (Å²) in [6.07, 6.45) is 5.26. The quantitative estimate of drug-likeness (QED) is 0.790. The predicted octanol–water partition coefficient (Wildman–Crippen LogP) is 3.53. The van der Waals surface area contributed by atoms with Gasteiger partial charge in [0.05, 0.1) is 19.0 Å². The van der Waals surface area contributed by atoms with Crippen LogP contribution in [0.15, 0.2) is 42.7 Å². The summed E-state index contributed by atoms with van der Waals surface area (Å²) >= 11 is 0. The molecule has 0 bridgehead atoms. The van der Waals surface area contributed by atoms with Crippen LogP contribution in [-0.4, -0.2) is 12.2 Å². The molecule has 1 aliphatic heterocycles. The van der Waals surface area contributed by atoms with Crippen molar-refractivity contribution < 1.29 is 9.47 Å². The van der Waals surface area contributed by atoms with Gasteiger partial charge >= 0.3 is 0 Å². The Morgan fingerprint density at radius 2 is 2.00 bits per heavy atom. The van der Waals surface area contributed by atoms with Gasteiger partial charge in [0.1, 0.15) is 6.10 Å². The van der Waals surface area contributed by atoms with Gasteiger partial charge in [-0.3, -0.25) is 0 Å². The summed E-state index contributed by atoms with van der Waals surface area (Å²) in [5.41, 5.74) is 1.22. The van der Waals surface area contributed by atoms with Crippen molar-refractivity contribution in [3.8, 4) is 0 Å². The van der Waals surface area contributed by atoms with E-state index in [1.807, 2.05) is 24.3 Å². The van der Waals surface area contributed by atoms with E-state index >= 15 is 0 Å². The van der Waals surface area contributed by atoms with Crippen molar-refractivity contribution in [2.45, 2.75) is 39.1 Å². The Hall–Kier alpha value is -1.28. The van der Waals surface area contributed by atoms with Crippen molar-refractivity contribution in [2.24, 2.45) is 5.92 Å². The molecule has 92 valence electrons. The van der Waals surface area contributed by atoms with Gasteiger partial charge in [0.15, 0.2) is 0 Å². The molecule has 1 aliphatic rings. The van der Waals surface area contributed by atoms with Crippen LogP contribution in [0.2, 0.25) is 0 Å². The molecule has 0 spiro atoms. The highest BCUT2D eigenvalue weighted by Gasteiger charge is 2.27. The first kappa shape index (κ1) is 12.2. The molecule has 1 aromatic carbocycles. The lowest BCUT2D eigenvalue weighted by Crippen LogP contribution is -2.34. The number of ether oxygens (including phenoxy) is 2. The second-order valence-electron chi connectivity index (χ2n) is 4.53. The zero-order valence-electron chi connectivity index (χ0n) is 10.5. The van der Waals surface area contributed by atoms with E-state index in [0.717, 1.165) is 6.42 Å². The Labute approximate surface area is 103 Å². The van der Waals surface area contributed by atoms with Gasteiger partial charge < -0.3 is 9.47 Å². The van der Waals surface area contributed by atoms with Gasteiger partial charge in [-0.25, -0.2) is 0 Å². The van der Waals surface area contributed by atoms with Crippen LogP contribution in [0.25, 0.3) is 0 Å². The molecular formula is C15H20O2. The Balaban J connectivity index is 1.91. The summed E-state index contributed by atoms with van der Waals surface area (Å²) in [7, 11) is 0. The van der Waals surface area contributed by atoms with Crippen LogP contribution in [0.4, 0.5) is 0 Å². The number of hydrogen-bond donors (Lipinski definition) is 0. The molecule has 1 heterocycles. The molecule has 0 aliphatic carbocycles. The summed E-state index contributed by atoms with van der Waals surface area (Å²) in [6.45, 7) is 5.00. The van der Waals surface area contributed by atoms with Gasteiger partial charge in [-0.2, -0.15) is 0 Å². The van der Waals surface area contributed by atoms with Crippen LogP contribution in [0.1, 0.15) is 25.8 Å². The van der Waals surface area contributed by atoms with E-state index in [-0.39, 0.29) is 12.2 Å². The van der Waals surface area contributed by atoms with Crippen LogP contribution in [0.3, 0.4) is 0 Å². The third-order valence-electron chi connectivity index (χ3n) is 3.31. The standard InChI is InChI=1S/C15H20O2/c1-3-14-12(2)15(9-10-16-14)17-11-13-7-5-4-6-8-13/h4-10,12,14-15H,3,11H2,1-2H3/t12-,14?,15?/m1/s1. The van der Waals surface area contributed by atoms with Crippen LogP contribution in [0, 0.1) is 5.92 Å². The molecule has 2 unspecified atom stereocenters. The van der Waals surface area contributed by atoms with E-state index in [1.165, 1.54) is 5.56 Å². The summed E-state index contributed by atoms with van der Waals surface area (Å²) < 4.78 is 11.5. The molecule has 0 saturated carbocycles. The van der Waals surface area contributed by atoms with E-state index in [2.05, 4.69) is 26.0 Å². The highest BCUT2D eigenvalue weighted by Crippen LogP contribution is 2.24. The van der Waals surface area contributed by atoms with E-state index in [9.17, 15) is 0 Å². The molecule has 0 fully saturated rings. The lowest BCUT2D eigenvalue weighted by Gasteiger charge is -2.31. The fraction of sp³-hybridized carbons (Fsp3) is 0.467. The van der Waals surface area contributed by atoms with Crippen molar-refractivity contribution in [3.05, 3.63) is 48.2 Å². The Morgan fingerprint density at radius 3 is 2.71 bits per heavy atom. The molecule has 0 N–H and O–H groups in total. The third-order valence-corrected chi connectivity index (χ3v) is 3.31. The largest absolute Gasteiger partial charge is 0.498 e. The fourth-order valence-corrected chi connectivity index (χ4v) is 2.18. The molecule has 0 radical (unpaired) electrons. The number of rotatable bonds is 4. The zero-order valence-corrected chi connectivity index (χ0v) is 10.5. The summed E-state index contributed by atoms with van der Waals surface area (Å²) in [4.78, 5) is 0. The minimum Gasteiger partial charge on any atom is -0.498 e. The van der Waals surface area contributed by atoms with E-state index < -0.39 is 0 Å². The molecule has 0 saturated heterocycles. The van der Waals surface area contributed by atoms with Crippen molar-refractivity contribution in [2.75, 3.05) is 0 Å². The van der Waals surface area contributed by atoms with Gasteiger partial charge in [0.25, 0.3) is 0 Å². The lowest BCUT2D eigenvalue weighted by atomic mass is 9.94. The average Bonchev–Trinajstić information content (AvgIpc) is 2.39. The minimum atomic E-state index is 0.161. The van der Waals surface area contributed by atoms with Crippen molar-refractivity contribution in [1.82, 2.24) is 0 Å². The van der Waals surface area contributed by atoms with Crippen LogP contribution in [0.5, 0.6) is 0 Å². The molecule has 1 aromatic rings.